The second-order valence-electron chi connectivity index (χ2n) is 4.35. The quantitative estimate of drug-likeness (QED) is 0.914. The van der Waals surface area contributed by atoms with Gasteiger partial charge in [0.05, 0.1) is 5.02 Å². The fourth-order valence-corrected chi connectivity index (χ4v) is 2.11. The topological polar surface area (TPSA) is 81.9 Å². The number of tetrazole rings is 1. The highest BCUT2D eigenvalue weighted by molar-refractivity contribution is 6.32. The lowest BCUT2D eigenvalue weighted by Crippen LogP contribution is -2.21. The molecule has 0 spiro atoms. The molecule has 1 aromatic carbocycles. The first-order valence-electron chi connectivity index (χ1n) is 6.11. The van der Waals surface area contributed by atoms with E-state index in [1.165, 1.54) is 6.20 Å². The fraction of sp³-hybridized carbons (Fsp3) is 0.231. The molecule has 0 saturated heterocycles. The van der Waals surface area contributed by atoms with Gasteiger partial charge in [-0.05, 0) is 36.3 Å². The van der Waals surface area contributed by atoms with Crippen LogP contribution in [0.4, 0.5) is 5.95 Å². The Bertz CT molecular complexity index is 660. The van der Waals surface area contributed by atoms with E-state index < -0.39 is 5.91 Å². The molecule has 0 fully saturated rings. The van der Waals surface area contributed by atoms with Gasteiger partial charge in [0.15, 0.2) is 6.61 Å². The number of nitrogens with zero attached hydrogens (tertiary/aromatic N) is 4. The number of nitrogens with one attached hydrogen (secondary N) is 1. The number of carbonyl (C=O) groups is 1. The summed E-state index contributed by atoms with van der Waals surface area (Å²) in [6, 6.07) is 3.70. The van der Waals surface area contributed by atoms with E-state index in [4.69, 9.17) is 16.3 Å². The van der Waals surface area contributed by atoms with Gasteiger partial charge < -0.3 is 4.74 Å². The maximum atomic E-state index is 11.8. The molecule has 7 nitrogen and oxygen atoms in total. The Morgan fingerprint density at radius 2 is 2.29 bits per heavy atom. The number of carbonyl (C=O) groups excluding carboxylic acids is 1. The Hall–Kier alpha value is -2.41. The molecule has 1 aromatic heterocycles. The Morgan fingerprint density at radius 1 is 1.52 bits per heavy atom. The number of ether oxygens (including phenoxy) is 1. The van der Waals surface area contributed by atoms with Crippen molar-refractivity contribution in [1.82, 2.24) is 20.2 Å². The minimum Gasteiger partial charge on any atom is -0.482 e. The average Bonchev–Trinajstić information content (AvgIpc) is 2.85. The molecule has 0 aliphatic heterocycles. The van der Waals surface area contributed by atoms with Crippen LogP contribution in [0.1, 0.15) is 11.1 Å². The van der Waals surface area contributed by atoms with Crippen molar-refractivity contribution in [1.29, 1.82) is 0 Å². The minimum atomic E-state index is -0.408. The summed E-state index contributed by atoms with van der Waals surface area (Å²) in [6.45, 7) is 7.07. The molecule has 1 heterocycles. The molecule has 1 N–H and O–H groups in total. The average molecular weight is 308 g/mol. The minimum absolute atomic E-state index is 0.0789. The molecule has 0 bridgehead atoms. The van der Waals surface area contributed by atoms with Gasteiger partial charge in [0.25, 0.3) is 11.9 Å². The van der Waals surface area contributed by atoms with Crippen molar-refractivity contribution < 1.29 is 9.53 Å². The number of rotatable bonds is 5. The smallest absolute Gasteiger partial charge is 0.270 e. The van der Waals surface area contributed by atoms with Gasteiger partial charge in [-0.2, -0.15) is 0 Å². The van der Waals surface area contributed by atoms with Crippen molar-refractivity contribution in [2.45, 2.75) is 13.8 Å². The molecule has 0 saturated carbocycles. The Morgan fingerprint density at radius 3 is 2.90 bits per heavy atom. The number of hydrogen-bond acceptors (Lipinski definition) is 5. The van der Waals surface area contributed by atoms with Gasteiger partial charge >= 0.3 is 0 Å². The number of hydrogen-bond donors (Lipinski definition) is 1. The van der Waals surface area contributed by atoms with E-state index >= 15 is 0 Å². The highest BCUT2D eigenvalue weighted by Gasteiger charge is 2.11. The highest BCUT2D eigenvalue weighted by atomic mass is 35.5. The van der Waals surface area contributed by atoms with Gasteiger partial charge in [-0.15, -0.1) is 9.90 Å². The van der Waals surface area contributed by atoms with Crippen LogP contribution in [0.5, 0.6) is 5.75 Å². The Kier molecular flexibility index (Phi) is 4.54. The van der Waals surface area contributed by atoms with Crippen molar-refractivity contribution in [3.05, 3.63) is 34.9 Å². The van der Waals surface area contributed by atoms with Crippen molar-refractivity contribution in [2.24, 2.45) is 0 Å². The third kappa shape index (κ3) is 3.79. The summed E-state index contributed by atoms with van der Waals surface area (Å²) in [5, 5.41) is 14.0. The molecule has 8 heteroatoms. The van der Waals surface area contributed by atoms with Gasteiger partial charge in [0.2, 0.25) is 0 Å². The molecule has 0 atom stereocenters. The number of aryl methyl sites for hydroxylation is 2. The van der Waals surface area contributed by atoms with Crippen molar-refractivity contribution in [2.75, 3.05) is 11.9 Å². The SMILES string of the molecule is C=Cn1nnc(NC(=O)COc2c(C)cc(C)cc2Cl)n1. The lowest BCUT2D eigenvalue weighted by Gasteiger charge is -2.11. The standard InChI is InChI=1S/C13H14ClN5O2/c1-4-19-17-13(16-18-19)15-11(20)7-21-12-9(3)5-8(2)6-10(12)14/h4-6H,1,7H2,2-3H3,(H,15,17,20). The van der Waals surface area contributed by atoms with Crippen molar-refractivity contribution in [3.63, 3.8) is 0 Å². The van der Waals surface area contributed by atoms with Crippen LogP contribution in [0.15, 0.2) is 18.7 Å². The summed E-state index contributed by atoms with van der Waals surface area (Å²) >= 11 is 6.09. The first kappa shape index (κ1) is 15.0. The van der Waals surface area contributed by atoms with Crippen LogP contribution in [-0.2, 0) is 4.79 Å². The van der Waals surface area contributed by atoms with E-state index in [0.717, 1.165) is 15.9 Å². The van der Waals surface area contributed by atoms with Gasteiger partial charge in [0.1, 0.15) is 5.75 Å². The van der Waals surface area contributed by atoms with E-state index in [1.54, 1.807) is 6.07 Å². The second kappa shape index (κ2) is 6.36. The van der Waals surface area contributed by atoms with Gasteiger partial charge in [-0.3, -0.25) is 10.1 Å². The predicted molar refractivity (Wildman–Crippen MR) is 79.3 cm³/mol. The predicted octanol–water partition coefficient (Wildman–Crippen LogP) is 2.06. The highest BCUT2D eigenvalue weighted by Crippen LogP contribution is 2.29. The van der Waals surface area contributed by atoms with Crippen LogP contribution in [0.25, 0.3) is 6.20 Å². The third-order valence-corrected chi connectivity index (χ3v) is 2.84. The molecule has 2 aromatic rings. The Labute approximate surface area is 126 Å². The normalized spacial score (nSPS) is 10.2. The number of amides is 1. The zero-order chi connectivity index (χ0) is 15.4. The molecule has 21 heavy (non-hydrogen) atoms. The number of benzene rings is 1. The molecule has 110 valence electrons. The van der Waals surface area contributed by atoms with Gasteiger partial charge in [-0.1, -0.05) is 29.3 Å². The molecular weight excluding hydrogens is 294 g/mol. The summed E-state index contributed by atoms with van der Waals surface area (Å²) in [5.41, 5.74) is 1.89. The molecule has 0 aliphatic rings. The lowest BCUT2D eigenvalue weighted by atomic mass is 10.1. The molecule has 0 aliphatic carbocycles. The molecule has 2 rings (SSSR count). The van der Waals surface area contributed by atoms with E-state index in [-0.39, 0.29) is 12.6 Å². The molecule has 0 unspecified atom stereocenters. The maximum absolute atomic E-state index is 11.8. The summed E-state index contributed by atoms with van der Waals surface area (Å²) in [4.78, 5) is 12.9. The van der Waals surface area contributed by atoms with Crippen LogP contribution in [-0.4, -0.2) is 32.7 Å². The third-order valence-electron chi connectivity index (χ3n) is 2.56. The van der Waals surface area contributed by atoms with Crippen molar-refractivity contribution in [3.8, 4) is 5.75 Å². The molecule has 1 amide bonds. The van der Waals surface area contributed by atoms with Crippen molar-refractivity contribution >= 4 is 29.7 Å². The van der Waals surface area contributed by atoms with E-state index in [1.807, 2.05) is 19.9 Å². The lowest BCUT2D eigenvalue weighted by molar-refractivity contribution is -0.118. The Balaban J connectivity index is 1.96. The monoisotopic (exact) mass is 307 g/mol. The largest absolute Gasteiger partial charge is 0.482 e. The van der Waals surface area contributed by atoms with Gasteiger partial charge in [0, 0.05) is 6.20 Å². The van der Waals surface area contributed by atoms with Crippen LogP contribution in [0.3, 0.4) is 0 Å². The second-order valence-corrected chi connectivity index (χ2v) is 4.75. The number of halogens is 1. The summed E-state index contributed by atoms with van der Waals surface area (Å²) in [7, 11) is 0. The van der Waals surface area contributed by atoms with Crippen LogP contribution in [0, 0.1) is 13.8 Å². The van der Waals surface area contributed by atoms with Crippen LogP contribution < -0.4 is 10.1 Å². The van der Waals surface area contributed by atoms with Crippen LogP contribution >= 0.6 is 11.6 Å². The number of anilines is 1. The summed E-state index contributed by atoms with van der Waals surface area (Å²) in [5.74, 6) is 0.157. The number of aromatic nitrogens is 4. The first-order chi connectivity index (χ1) is 9.99. The first-order valence-corrected chi connectivity index (χ1v) is 6.49. The summed E-state index contributed by atoms with van der Waals surface area (Å²) in [6.07, 6.45) is 1.36. The van der Waals surface area contributed by atoms with Gasteiger partial charge in [-0.25, -0.2) is 0 Å². The molecule has 0 radical (unpaired) electrons. The zero-order valence-electron chi connectivity index (χ0n) is 11.6. The fourth-order valence-electron chi connectivity index (χ4n) is 1.74. The van der Waals surface area contributed by atoms with E-state index in [0.29, 0.717) is 10.8 Å². The van der Waals surface area contributed by atoms with E-state index in [2.05, 4.69) is 27.3 Å². The van der Waals surface area contributed by atoms with E-state index in [9.17, 15) is 4.79 Å². The zero-order valence-corrected chi connectivity index (χ0v) is 12.4. The molecular formula is C13H14ClN5O2. The maximum Gasteiger partial charge on any atom is 0.270 e. The summed E-state index contributed by atoms with van der Waals surface area (Å²) < 4.78 is 5.44. The van der Waals surface area contributed by atoms with Crippen LogP contribution in [0.2, 0.25) is 5.02 Å².